The van der Waals surface area contributed by atoms with E-state index in [1.54, 1.807) is 23.3 Å². The highest BCUT2D eigenvalue weighted by Gasteiger charge is 2.60. The Labute approximate surface area is 199 Å². The molecule has 7 nitrogen and oxygen atoms in total. The quantitative estimate of drug-likeness (QED) is 0.537. The molecule has 0 radical (unpaired) electrons. The lowest BCUT2D eigenvalue weighted by Crippen LogP contribution is -2.37. The molecule has 3 atom stereocenters. The minimum Gasteiger partial charge on any atom is -0.504 e. The summed E-state index contributed by atoms with van der Waals surface area (Å²) in [6, 6.07) is 18.0. The Morgan fingerprint density at radius 1 is 0.909 bits per heavy atom. The van der Waals surface area contributed by atoms with Crippen molar-refractivity contribution in [1.82, 2.24) is 0 Å². The Morgan fingerprint density at radius 2 is 1.67 bits per heavy atom. The molecule has 2 amide bonds. The number of amides is 2. The van der Waals surface area contributed by atoms with Crippen molar-refractivity contribution in [2.75, 3.05) is 17.1 Å². The van der Waals surface area contributed by atoms with E-state index in [4.69, 9.17) is 32.8 Å². The summed E-state index contributed by atoms with van der Waals surface area (Å²) in [4.78, 5) is 34.1. The molecule has 0 bridgehead atoms. The van der Waals surface area contributed by atoms with Gasteiger partial charge in [0.1, 0.15) is 5.92 Å². The monoisotopic (exact) mass is 484 g/mol. The Hall–Kier alpha value is -3.26. The van der Waals surface area contributed by atoms with Crippen LogP contribution in [0.4, 0.5) is 11.4 Å². The van der Waals surface area contributed by atoms with E-state index in [1.165, 1.54) is 25.3 Å². The summed E-state index contributed by atoms with van der Waals surface area (Å²) in [7, 11) is 1.44. The van der Waals surface area contributed by atoms with Crippen LogP contribution in [0.3, 0.4) is 0 Å². The first-order valence-corrected chi connectivity index (χ1v) is 10.9. The molecule has 3 aromatic carbocycles. The van der Waals surface area contributed by atoms with Crippen molar-refractivity contribution in [2.24, 2.45) is 5.92 Å². The fourth-order valence-electron chi connectivity index (χ4n) is 4.31. The average Bonchev–Trinajstić information content (AvgIpc) is 3.33. The summed E-state index contributed by atoms with van der Waals surface area (Å²) in [6.45, 7) is 0. The number of phenolic OH excluding ortho intramolecular Hbond substituents is 1. The van der Waals surface area contributed by atoms with Crippen LogP contribution in [-0.4, -0.2) is 30.1 Å². The number of fused-ring (bicyclic) bond motifs is 1. The van der Waals surface area contributed by atoms with E-state index in [0.29, 0.717) is 22.0 Å². The van der Waals surface area contributed by atoms with Crippen LogP contribution in [-0.2, 0) is 14.4 Å². The van der Waals surface area contributed by atoms with Crippen LogP contribution in [0.5, 0.6) is 11.5 Å². The molecule has 168 valence electrons. The summed E-state index contributed by atoms with van der Waals surface area (Å²) in [5, 5.41) is 12.2. The highest BCUT2D eigenvalue weighted by Crippen LogP contribution is 2.48. The summed E-state index contributed by atoms with van der Waals surface area (Å²) in [5.41, 5.74) is 1.66. The number of imide groups is 1. The molecule has 0 aliphatic carbocycles. The number of carbonyl (C=O) groups is 2. The van der Waals surface area contributed by atoms with Gasteiger partial charge in [0, 0.05) is 0 Å². The zero-order valence-corrected chi connectivity index (χ0v) is 18.8. The molecule has 2 saturated heterocycles. The third kappa shape index (κ3) is 3.49. The number of methoxy groups -OCH3 is 1. The van der Waals surface area contributed by atoms with Crippen LogP contribution in [0, 0.1) is 5.92 Å². The van der Waals surface area contributed by atoms with Crippen molar-refractivity contribution < 1.29 is 24.3 Å². The minimum atomic E-state index is -1.03. The van der Waals surface area contributed by atoms with Crippen molar-refractivity contribution in [2.45, 2.75) is 12.1 Å². The Morgan fingerprint density at radius 3 is 2.36 bits per heavy atom. The number of nitrogens with zero attached hydrogens (tertiary/aromatic N) is 2. The molecular formula is C24H18Cl2N2O5. The molecule has 1 N–H and O–H groups in total. The molecule has 5 rings (SSSR count). The smallest absolute Gasteiger partial charge is 0.266 e. The van der Waals surface area contributed by atoms with Gasteiger partial charge in [0.2, 0.25) is 5.91 Å². The highest BCUT2D eigenvalue weighted by atomic mass is 35.5. The molecular weight excluding hydrogens is 467 g/mol. The second-order valence-electron chi connectivity index (χ2n) is 7.70. The molecule has 2 aliphatic rings. The van der Waals surface area contributed by atoms with Crippen molar-refractivity contribution in [3.8, 4) is 11.5 Å². The summed E-state index contributed by atoms with van der Waals surface area (Å²) in [5.74, 6) is -1.52. The number of rotatable bonds is 4. The van der Waals surface area contributed by atoms with Gasteiger partial charge in [-0.3, -0.25) is 14.4 Å². The number of hydroxylamine groups is 1. The second-order valence-corrected chi connectivity index (χ2v) is 8.51. The van der Waals surface area contributed by atoms with Gasteiger partial charge < -0.3 is 9.84 Å². The van der Waals surface area contributed by atoms with E-state index >= 15 is 0 Å². The zero-order chi connectivity index (χ0) is 23.3. The molecule has 9 heteroatoms. The van der Waals surface area contributed by atoms with Crippen molar-refractivity contribution in [3.63, 3.8) is 0 Å². The van der Waals surface area contributed by atoms with Crippen molar-refractivity contribution >= 4 is 46.4 Å². The number of halogens is 2. The van der Waals surface area contributed by atoms with Gasteiger partial charge in [0.15, 0.2) is 17.6 Å². The molecule has 0 spiro atoms. The van der Waals surface area contributed by atoms with E-state index in [9.17, 15) is 14.7 Å². The fourth-order valence-corrected chi connectivity index (χ4v) is 4.60. The van der Waals surface area contributed by atoms with Gasteiger partial charge in [-0.15, -0.1) is 0 Å². The fraction of sp³-hybridized carbons (Fsp3) is 0.167. The lowest BCUT2D eigenvalue weighted by Gasteiger charge is -2.29. The van der Waals surface area contributed by atoms with Gasteiger partial charge >= 0.3 is 0 Å². The third-order valence-corrected chi connectivity index (χ3v) is 6.57. The lowest BCUT2D eigenvalue weighted by molar-refractivity contribution is -0.126. The molecule has 2 aliphatic heterocycles. The number of para-hydroxylation sites is 1. The van der Waals surface area contributed by atoms with Crippen LogP contribution < -0.4 is 14.7 Å². The van der Waals surface area contributed by atoms with Crippen LogP contribution in [0.2, 0.25) is 10.0 Å². The van der Waals surface area contributed by atoms with E-state index in [-0.39, 0.29) is 16.5 Å². The van der Waals surface area contributed by atoms with Crippen LogP contribution >= 0.6 is 23.2 Å². The van der Waals surface area contributed by atoms with Gasteiger partial charge in [0.25, 0.3) is 5.91 Å². The number of benzene rings is 3. The molecule has 33 heavy (non-hydrogen) atoms. The molecule has 0 saturated carbocycles. The maximum absolute atomic E-state index is 13.6. The van der Waals surface area contributed by atoms with Gasteiger partial charge in [-0.05, 0) is 48.0 Å². The number of ether oxygens (including phenoxy) is 1. The Bertz CT molecular complexity index is 1250. The topological polar surface area (TPSA) is 79.3 Å². The number of aromatic hydroxyl groups is 1. The van der Waals surface area contributed by atoms with Crippen LogP contribution in [0.1, 0.15) is 11.6 Å². The minimum absolute atomic E-state index is 0.0331. The van der Waals surface area contributed by atoms with E-state index in [2.05, 4.69) is 0 Å². The maximum atomic E-state index is 13.6. The molecule has 2 fully saturated rings. The van der Waals surface area contributed by atoms with Crippen molar-refractivity contribution in [3.05, 3.63) is 82.3 Å². The van der Waals surface area contributed by atoms with E-state index in [0.717, 1.165) is 4.90 Å². The SMILES string of the molecule is COc1cc(C2C3C(=O)N(c4ccc(Cl)c(Cl)c4)C(=O)C3ON2c2ccccc2)ccc1O. The maximum Gasteiger partial charge on any atom is 0.266 e. The first-order valence-electron chi connectivity index (χ1n) is 10.1. The Kier molecular flexibility index (Phi) is 5.40. The predicted octanol–water partition coefficient (Wildman–Crippen LogP) is 4.76. The van der Waals surface area contributed by atoms with Crippen LogP contribution in [0.15, 0.2) is 66.7 Å². The van der Waals surface area contributed by atoms with Gasteiger partial charge in [-0.1, -0.05) is 47.5 Å². The van der Waals surface area contributed by atoms with Gasteiger partial charge in [0.05, 0.1) is 34.6 Å². The number of anilines is 2. The van der Waals surface area contributed by atoms with Crippen molar-refractivity contribution in [1.29, 1.82) is 0 Å². The first-order chi connectivity index (χ1) is 15.9. The third-order valence-electron chi connectivity index (χ3n) is 5.83. The second kappa shape index (κ2) is 8.26. The summed E-state index contributed by atoms with van der Waals surface area (Å²) < 4.78 is 5.26. The largest absolute Gasteiger partial charge is 0.504 e. The van der Waals surface area contributed by atoms with E-state index < -0.39 is 29.9 Å². The Balaban J connectivity index is 1.60. The summed E-state index contributed by atoms with van der Waals surface area (Å²) in [6.07, 6.45) is -1.03. The number of phenols is 1. The average molecular weight is 485 g/mol. The summed E-state index contributed by atoms with van der Waals surface area (Å²) >= 11 is 12.1. The zero-order valence-electron chi connectivity index (χ0n) is 17.3. The number of hydrogen-bond acceptors (Lipinski definition) is 6. The number of carbonyl (C=O) groups excluding carboxylic acids is 2. The molecule has 3 unspecified atom stereocenters. The first kappa shape index (κ1) is 21.6. The number of hydrogen-bond donors (Lipinski definition) is 1. The molecule has 2 heterocycles. The molecule has 3 aromatic rings. The highest BCUT2D eigenvalue weighted by molar-refractivity contribution is 6.42. The van der Waals surface area contributed by atoms with E-state index in [1.807, 2.05) is 30.3 Å². The molecule has 0 aromatic heterocycles. The lowest BCUT2D eigenvalue weighted by atomic mass is 9.90. The normalized spacial score (nSPS) is 22.1. The van der Waals surface area contributed by atoms with Gasteiger partial charge in [-0.2, -0.15) is 0 Å². The van der Waals surface area contributed by atoms with Crippen LogP contribution in [0.25, 0.3) is 0 Å². The van der Waals surface area contributed by atoms with Gasteiger partial charge in [-0.25, -0.2) is 9.96 Å². The standard InChI is InChI=1S/C24H18Cl2N2O5/c1-32-19-11-13(7-10-18(19)29)21-20-22(33-28(21)14-5-3-2-4-6-14)24(31)27(23(20)30)15-8-9-16(25)17(26)12-15/h2-12,20-22,29H,1H3. The predicted molar refractivity (Wildman–Crippen MR) is 124 cm³/mol.